The van der Waals surface area contributed by atoms with E-state index in [-0.39, 0.29) is 0 Å². The Balaban J connectivity index is 0.000000273. The van der Waals surface area contributed by atoms with Crippen LogP contribution in [-0.2, 0) is 45.8 Å². The Morgan fingerprint density at radius 1 is 0.534 bits per heavy atom. The summed E-state index contributed by atoms with van der Waals surface area (Å²) < 4.78 is 65.4. The van der Waals surface area contributed by atoms with Crippen molar-refractivity contribution in [2.75, 3.05) is 37.0 Å². The van der Waals surface area contributed by atoms with Gasteiger partial charge in [0.1, 0.15) is 23.8 Å². The maximum atomic E-state index is 10.2. The zero-order valence-electron chi connectivity index (χ0n) is 32.6. The summed E-state index contributed by atoms with van der Waals surface area (Å²) >= 11 is 3.15. The standard InChI is InChI=1S/C26H32N8S2.2C7H8O3S/c1-31(23-11-7-21(8-12-23)27-29-25-33(3)17-19-35-25)15-5-6-16-32(2)24-13-9-22(10-14-24)28-30-26-34(4)18-20-36-26;2*8-11(9,10)6-7-4-2-1-3-5-7/h7-14,17-20H,5-6,15-16H2,1-4H3;2*1-5H,6H2,(H,8,9,10)/q+2;;/p-2. The number of aromatic nitrogens is 2. The van der Waals surface area contributed by atoms with Crippen molar-refractivity contribution in [2.24, 2.45) is 34.6 Å². The number of anilines is 2. The smallest absolute Gasteiger partial charge is 0.408 e. The Bertz CT molecular complexity index is 2240. The molecule has 0 aliphatic rings. The first-order valence-corrected chi connectivity index (χ1v) is 22.8. The molecule has 0 unspecified atom stereocenters. The van der Waals surface area contributed by atoms with Crippen molar-refractivity contribution in [3.63, 3.8) is 0 Å². The molecule has 2 heterocycles. The Morgan fingerprint density at radius 2 is 0.879 bits per heavy atom. The van der Waals surface area contributed by atoms with Crippen LogP contribution in [0.15, 0.2) is 153 Å². The lowest BCUT2D eigenvalue weighted by molar-refractivity contribution is -0.654. The molecule has 306 valence electrons. The van der Waals surface area contributed by atoms with Crippen LogP contribution >= 0.6 is 22.7 Å². The minimum absolute atomic E-state index is 0.423. The molecule has 14 nitrogen and oxygen atoms in total. The lowest BCUT2D eigenvalue weighted by atomic mass is 10.2. The van der Waals surface area contributed by atoms with Gasteiger partial charge >= 0.3 is 10.3 Å². The molecule has 6 aromatic rings. The molecule has 0 bridgehead atoms. The number of azo groups is 2. The molecule has 0 saturated heterocycles. The van der Waals surface area contributed by atoms with E-state index in [1.165, 1.54) is 11.4 Å². The van der Waals surface area contributed by atoms with Gasteiger partial charge in [-0.1, -0.05) is 60.7 Å². The van der Waals surface area contributed by atoms with Gasteiger partial charge in [0.05, 0.1) is 56.1 Å². The summed E-state index contributed by atoms with van der Waals surface area (Å²) in [4.78, 5) is 4.57. The molecule has 0 aliphatic heterocycles. The van der Waals surface area contributed by atoms with E-state index in [4.69, 9.17) is 0 Å². The monoisotopic (exact) mass is 862 g/mol. The van der Waals surface area contributed by atoms with Gasteiger partial charge < -0.3 is 18.9 Å². The second-order valence-electron chi connectivity index (χ2n) is 13.0. The van der Waals surface area contributed by atoms with E-state index in [2.05, 4.69) is 68.6 Å². The summed E-state index contributed by atoms with van der Waals surface area (Å²) in [5, 5.41) is 23.1. The molecule has 0 atom stereocenters. The lowest BCUT2D eigenvalue weighted by Gasteiger charge is -2.22. The second kappa shape index (κ2) is 22.6. The third-order valence-electron chi connectivity index (χ3n) is 8.21. The van der Waals surface area contributed by atoms with Gasteiger partial charge in [-0.15, -0.1) is 0 Å². The summed E-state index contributed by atoms with van der Waals surface area (Å²) in [7, 11) is -0.0460. The minimum Gasteiger partial charge on any atom is -0.748 e. The molecule has 0 amide bonds. The molecule has 0 aliphatic carbocycles. The molecule has 0 saturated carbocycles. The lowest BCUT2D eigenvalue weighted by Crippen LogP contribution is -2.23. The number of hydrogen-bond donors (Lipinski definition) is 0. The van der Waals surface area contributed by atoms with E-state index >= 15 is 0 Å². The molecular weight excluding hydrogens is 817 g/mol. The predicted octanol–water partition coefficient (Wildman–Crippen LogP) is 8.11. The van der Waals surface area contributed by atoms with Gasteiger partial charge in [0.2, 0.25) is 0 Å². The highest BCUT2D eigenvalue weighted by molar-refractivity contribution is 7.85. The number of unbranched alkanes of at least 4 members (excludes halogenated alkanes) is 1. The van der Waals surface area contributed by atoms with Crippen molar-refractivity contribution in [1.82, 2.24) is 0 Å². The van der Waals surface area contributed by atoms with Crippen molar-refractivity contribution in [2.45, 2.75) is 24.3 Å². The Morgan fingerprint density at radius 3 is 1.17 bits per heavy atom. The summed E-state index contributed by atoms with van der Waals surface area (Å²) in [6.07, 6.45) is 6.18. The van der Waals surface area contributed by atoms with Crippen LogP contribution in [0.2, 0.25) is 0 Å². The Hall–Kier alpha value is -5.24. The topological polar surface area (TPSA) is 178 Å². The largest absolute Gasteiger partial charge is 0.748 e. The third kappa shape index (κ3) is 17.1. The van der Waals surface area contributed by atoms with Crippen LogP contribution in [-0.4, -0.2) is 53.1 Å². The number of hydrogen-bond acceptors (Lipinski definition) is 14. The molecular formula is C40H46N8O6S4. The Kier molecular flexibility index (Phi) is 17.7. The van der Waals surface area contributed by atoms with E-state index in [1.807, 2.05) is 70.6 Å². The predicted molar refractivity (Wildman–Crippen MR) is 228 cm³/mol. The molecule has 0 spiro atoms. The van der Waals surface area contributed by atoms with Crippen molar-refractivity contribution in [1.29, 1.82) is 0 Å². The van der Waals surface area contributed by atoms with Crippen LogP contribution in [0.5, 0.6) is 0 Å². The van der Waals surface area contributed by atoms with Crippen LogP contribution in [0.1, 0.15) is 24.0 Å². The summed E-state index contributed by atoms with van der Waals surface area (Å²) in [5.74, 6) is -0.846. The van der Waals surface area contributed by atoms with Gasteiger partial charge in [0.25, 0.3) is 0 Å². The highest BCUT2D eigenvalue weighted by Crippen LogP contribution is 2.24. The van der Waals surface area contributed by atoms with E-state index in [1.54, 1.807) is 83.3 Å². The summed E-state index contributed by atoms with van der Waals surface area (Å²) in [6, 6.07) is 33.2. The highest BCUT2D eigenvalue weighted by atomic mass is 32.2. The van der Waals surface area contributed by atoms with Crippen LogP contribution in [0.3, 0.4) is 0 Å². The molecule has 4 aromatic carbocycles. The van der Waals surface area contributed by atoms with Crippen LogP contribution in [0.25, 0.3) is 0 Å². The SMILES string of the molecule is CN(CCCCN(C)c1ccc(N=Nc2scc[n+]2C)cc1)c1ccc(N=Nc2scc[n+]2C)cc1.O=S(=O)([O-])Cc1ccccc1.O=S(=O)([O-])Cc1ccccc1. The first kappa shape index (κ1) is 45.5. The summed E-state index contributed by atoms with van der Waals surface area (Å²) in [6.45, 7) is 2.00. The van der Waals surface area contributed by atoms with Crippen LogP contribution < -0.4 is 18.9 Å². The summed E-state index contributed by atoms with van der Waals surface area (Å²) in [5.41, 5.74) is 5.14. The number of rotatable bonds is 15. The molecule has 58 heavy (non-hydrogen) atoms. The maximum absolute atomic E-state index is 10.2. The zero-order chi connectivity index (χ0) is 42.0. The van der Waals surface area contributed by atoms with Gasteiger partial charge in [-0.3, -0.25) is 0 Å². The number of nitrogens with zero attached hydrogens (tertiary/aromatic N) is 8. The van der Waals surface area contributed by atoms with E-state index in [0.29, 0.717) is 11.1 Å². The number of thiazole rings is 2. The fourth-order valence-electron chi connectivity index (χ4n) is 5.11. The van der Waals surface area contributed by atoms with Gasteiger partial charge in [0.15, 0.2) is 0 Å². The molecule has 2 aromatic heterocycles. The van der Waals surface area contributed by atoms with Crippen LogP contribution in [0.4, 0.5) is 33.0 Å². The second-order valence-corrected chi connectivity index (χ2v) is 17.5. The van der Waals surface area contributed by atoms with Gasteiger partial charge in [0, 0.05) is 49.3 Å². The average molecular weight is 863 g/mol. The first-order chi connectivity index (χ1) is 27.6. The van der Waals surface area contributed by atoms with Crippen molar-refractivity contribution >= 4 is 75.9 Å². The maximum Gasteiger partial charge on any atom is 0.408 e. The van der Waals surface area contributed by atoms with E-state index < -0.39 is 31.7 Å². The fraction of sp³-hybridized carbons (Fsp3) is 0.250. The number of benzene rings is 4. The van der Waals surface area contributed by atoms with Gasteiger partial charge in [-0.05, 0) is 105 Å². The van der Waals surface area contributed by atoms with Crippen molar-refractivity contribution in [3.8, 4) is 0 Å². The number of aryl methyl sites for hydroxylation is 2. The molecule has 0 fully saturated rings. The van der Waals surface area contributed by atoms with Crippen molar-refractivity contribution in [3.05, 3.63) is 143 Å². The molecule has 0 N–H and O–H groups in total. The van der Waals surface area contributed by atoms with E-state index in [9.17, 15) is 25.9 Å². The van der Waals surface area contributed by atoms with Crippen LogP contribution in [0, 0.1) is 0 Å². The first-order valence-electron chi connectivity index (χ1n) is 17.9. The molecule has 0 radical (unpaired) electrons. The molecule has 18 heteroatoms. The average Bonchev–Trinajstić information content (AvgIpc) is 3.81. The zero-order valence-corrected chi connectivity index (χ0v) is 35.9. The quantitative estimate of drug-likeness (QED) is 0.0430. The minimum atomic E-state index is -4.13. The normalized spacial score (nSPS) is 11.5. The highest BCUT2D eigenvalue weighted by Gasteiger charge is 2.09. The van der Waals surface area contributed by atoms with Gasteiger partial charge in [-0.2, -0.15) is 0 Å². The fourth-order valence-corrected chi connectivity index (χ4v) is 7.67. The van der Waals surface area contributed by atoms with Gasteiger partial charge in [-0.25, -0.2) is 26.0 Å². The van der Waals surface area contributed by atoms with Crippen molar-refractivity contribution < 1.29 is 35.1 Å². The third-order valence-corrected chi connectivity index (χ3v) is 11.3. The van der Waals surface area contributed by atoms with E-state index in [0.717, 1.165) is 47.6 Å². The molecule has 6 rings (SSSR count). The Labute approximate surface area is 348 Å².